The Morgan fingerprint density at radius 1 is 1.11 bits per heavy atom. The summed E-state index contributed by atoms with van der Waals surface area (Å²) in [6.07, 6.45) is 1.85. The number of H-pyrrole nitrogens is 1. The van der Waals surface area contributed by atoms with Crippen LogP contribution < -0.4 is 10.1 Å². The molecule has 0 unspecified atom stereocenters. The van der Waals surface area contributed by atoms with Crippen LogP contribution in [0.2, 0.25) is 0 Å². The highest BCUT2D eigenvalue weighted by atomic mass is 127. The lowest BCUT2D eigenvalue weighted by atomic mass is 10.2. The maximum absolute atomic E-state index is 5.74. The molecule has 2 N–H and O–H groups in total. The van der Waals surface area contributed by atoms with Crippen molar-refractivity contribution in [3.8, 4) is 17.0 Å². The molecule has 7 heteroatoms. The van der Waals surface area contributed by atoms with Crippen LogP contribution in [0.5, 0.6) is 5.75 Å². The van der Waals surface area contributed by atoms with Crippen LogP contribution in [-0.2, 0) is 6.54 Å². The molecule has 148 valence electrons. The van der Waals surface area contributed by atoms with Crippen LogP contribution in [0, 0.1) is 0 Å². The normalized spacial score (nSPS) is 10.9. The Morgan fingerprint density at radius 2 is 1.79 bits per heavy atom. The van der Waals surface area contributed by atoms with Crippen molar-refractivity contribution in [3.63, 3.8) is 0 Å². The van der Waals surface area contributed by atoms with Gasteiger partial charge in [-0.05, 0) is 17.7 Å². The molecule has 2 aromatic carbocycles. The van der Waals surface area contributed by atoms with Gasteiger partial charge >= 0.3 is 0 Å². The average molecular weight is 491 g/mol. The third-order valence-corrected chi connectivity index (χ3v) is 4.14. The minimum Gasteiger partial charge on any atom is -0.492 e. The number of para-hydroxylation sites is 1. The van der Waals surface area contributed by atoms with Crippen molar-refractivity contribution >= 4 is 29.9 Å². The molecule has 0 saturated carbocycles. The van der Waals surface area contributed by atoms with E-state index in [1.165, 1.54) is 0 Å². The summed E-state index contributed by atoms with van der Waals surface area (Å²) in [5.41, 5.74) is 2.13. The topological polar surface area (TPSA) is 65.5 Å². The Morgan fingerprint density at radius 3 is 2.46 bits per heavy atom. The van der Waals surface area contributed by atoms with Gasteiger partial charge in [0.25, 0.3) is 0 Å². The number of nitrogens with one attached hydrogen (secondary N) is 2. The van der Waals surface area contributed by atoms with E-state index in [-0.39, 0.29) is 24.0 Å². The highest BCUT2D eigenvalue weighted by Crippen LogP contribution is 2.15. The van der Waals surface area contributed by atoms with Crippen LogP contribution in [-0.4, -0.2) is 48.1 Å². The van der Waals surface area contributed by atoms with E-state index in [1.807, 2.05) is 66.7 Å². The van der Waals surface area contributed by atoms with Gasteiger partial charge in [-0.15, -0.1) is 24.0 Å². The fourth-order valence-corrected chi connectivity index (χ4v) is 2.69. The fraction of sp³-hybridized carbons (Fsp3) is 0.238. The average Bonchev–Trinajstić information content (AvgIpc) is 3.19. The number of hydrogen-bond donors (Lipinski definition) is 2. The largest absolute Gasteiger partial charge is 0.492 e. The summed E-state index contributed by atoms with van der Waals surface area (Å²) in [4.78, 5) is 14.1. The lowest BCUT2D eigenvalue weighted by Crippen LogP contribution is -2.40. The van der Waals surface area contributed by atoms with Gasteiger partial charge in [0.05, 0.1) is 25.0 Å². The van der Waals surface area contributed by atoms with Crippen LogP contribution in [0.25, 0.3) is 11.3 Å². The highest BCUT2D eigenvalue weighted by Gasteiger charge is 2.08. The summed E-state index contributed by atoms with van der Waals surface area (Å²) in [6.45, 7) is 1.88. The number of ether oxygens (including phenoxy) is 1. The number of halogens is 1. The summed E-state index contributed by atoms with van der Waals surface area (Å²) < 4.78 is 5.74. The van der Waals surface area contributed by atoms with E-state index in [0.717, 1.165) is 35.3 Å². The minimum atomic E-state index is 0. The molecule has 0 radical (unpaired) electrons. The van der Waals surface area contributed by atoms with Gasteiger partial charge in [0.15, 0.2) is 5.96 Å². The van der Waals surface area contributed by atoms with Crippen molar-refractivity contribution in [3.05, 3.63) is 72.7 Å². The predicted octanol–water partition coefficient (Wildman–Crippen LogP) is 3.78. The Kier molecular flexibility index (Phi) is 8.80. The lowest BCUT2D eigenvalue weighted by Gasteiger charge is -2.21. The number of likely N-dealkylation sites (N-methyl/N-ethyl adjacent to an activating group) is 1. The summed E-state index contributed by atoms with van der Waals surface area (Å²) in [6, 6.07) is 20.0. The van der Waals surface area contributed by atoms with Gasteiger partial charge in [0.2, 0.25) is 0 Å². The zero-order valence-corrected chi connectivity index (χ0v) is 18.5. The Bertz CT molecular complexity index is 852. The number of aromatic amines is 1. The number of imidazole rings is 1. The third-order valence-electron chi connectivity index (χ3n) is 4.14. The Balaban J connectivity index is 0.00000280. The number of hydrogen-bond acceptors (Lipinski definition) is 3. The molecule has 3 rings (SSSR count). The molecule has 0 amide bonds. The van der Waals surface area contributed by atoms with Gasteiger partial charge < -0.3 is 19.9 Å². The molecule has 1 aromatic heterocycles. The summed E-state index contributed by atoms with van der Waals surface area (Å²) >= 11 is 0. The van der Waals surface area contributed by atoms with Crippen molar-refractivity contribution in [1.82, 2.24) is 20.2 Å². The molecule has 0 saturated heterocycles. The van der Waals surface area contributed by atoms with E-state index in [4.69, 9.17) is 4.74 Å². The molecular weight excluding hydrogens is 465 g/mol. The van der Waals surface area contributed by atoms with E-state index in [1.54, 1.807) is 7.05 Å². The van der Waals surface area contributed by atoms with Crippen molar-refractivity contribution in [1.29, 1.82) is 0 Å². The van der Waals surface area contributed by atoms with Gasteiger partial charge in [0, 0.05) is 14.1 Å². The number of guanidine groups is 1. The minimum absolute atomic E-state index is 0. The van der Waals surface area contributed by atoms with Gasteiger partial charge in [-0.3, -0.25) is 4.99 Å². The number of aliphatic imine (C=N–C) groups is 1. The van der Waals surface area contributed by atoms with Crippen LogP contribution in [0.15, 0.2) is 71.9 Å². The number of aromatic nitrogens is 2. The van der Waals surface area contributed by atoms with Crippen LogP contribution in [0.4, 0.5) is 0 Å². The van der Waals surface area contributed by atoms with Gasteiger partial charge in [-0.25, -0.2) is 4.98 Å². The molecule has 0 spiro atoms. The van der Waals surface area contributed by atoms with E-state index < -0.39 is 0 Å². The van der Waals surface area contributed by atoms with Crippen LogP contribution in [0.3, 0.4) is 0 Å². The summed E-state index contributed by atoms with van der Waals surface area (Å²) in [5, 5.41) is 3.33. The van der Waals surface area contributed by atoms with Gasteiger partial charge in [-0.1, -0.05) is 48.5 Å². The monoisotopic (exact) mass is 491 g/mol. The molecule has 0 aliphatic rings. The third kappa shape index (κ3) is 6.26. The Hall–Kier alpha value is -2.55. The van der Waals surface area contributed by atoms with Crippen LogP contribution >= 0.6 is 24.0 Å². The first-order valence-corrected chi connectivity index (χ1v) is 8.95. The molecule has 28 heavy (non-hydrogen) atoms. The first-order valence-electron chi connectivity index (χ1n) is 8.95. The van der Waals surface area contributed by atoms with Crippen molar-refractivity contribution < 1.29 is 4.74 Å². The second kappa shape index (κ2) is 11.3. The lowest BCUT2D eigenvalue weighted by molar-refractivity contribution is 0.281. The van der Waals surface area contributed by atoms with Crippen molar-refractivity contribution in [2.24, 2.45) is 4.99 Å². The maximum Gasteiger partial charge on any atom is 0.193 e. The zero-order valence-electron chi connectivity index (χ0n) is 16.1. The zero-order chi connectivity index (χ0) is 18.9. The SMILES string of the molecule is CN=C(NCc1ncc(-c2ccccc2)[nH]1)N(C)CCOc1ccccc1.I. The Labute approximate surface area is 183 Å². The maximum atomic E-state index is 5.74. The smallest absolute Gasteiger partial charge is 0.193 e. The second-order valence-electron chi connectivity index (χ2n) is 6.09. The second-order valence-corrected chi connectivity index (χ2v) is 6.09. The number of benzene rings is 2. The van der Waals surface area contributed by atoms with Crippen molar-refractivity contribution in [2.75, 3.05) is 27.2 Å². The molecule has 0 bridgehead atoms. The summed E-state index contributed by atoms with van der Waals surface area (Å²) in [7, 11) is 3.76. The van der Waals surface area contributed by atoms with E-state index in [9.17, 15) is 0 Å². The van der Waals surface area contributed by atoms with Crippen LogP contribution in [0.1, 0.15) is 5.82 Å². The summed E-state index contributed by atoms with van der Waals surface area (Å²) in [5.74, 6) is 2.53. The quantitative estimate of drug-likeness (QED) is 0.300. The molecule has 0 fully saturated rings. The molecule has 0 atom stereocenters. The van der Waals surface area contributed by atoms with E-state index in [2.05, 4.69) is 32.4 Å². The first kappa shape index (κ1) is 21.7. The highest BCUT2D eigenvalue weighted by molar-refractivity contribution is 14.0. The predicted molar refractivity (Wildman–Crippen MR) is 124 cm³/mol. The standard InChI is InChI=1S/C21H25N5O.HI/c1-22-21(26(2)13-14-27-18-11-7-4-8-12-18)24-16-20-23-15-19(25-20)17-9-5-3-6-10-17;/h3-12,15H,13-14,16H2,1-2H3,(H,22,24)(H,23,25);1H. The van der Waals surface area contributed by atoms with E-state index in [0.29, 0.717) is 13.2 Å². The fourth-order valence-electron chi connectivity index (χ4n) is 2.69. The number of nitrogens with zero attached hydrogens (tertiary/aromatic N) is 3. The van der Waals surface area contributed by atoms with E-state index >= 15 is 0 Å². The molecular formula is C21H26IN5O. The van der Waals surface area contributed by atoms with Gasteiger partial charge in [0.1, 0.15) is 18.2 Å². The molecule has 3 aromatic rings. The van der Waals surface area contributed by atoms with Gasteiger partial charge in [-0.2, -0.15) is 0 Å². The molecule has 0 aliphatic heterocycles. The molecule has 6 nitrogen and oxygen atoms in total. The first-order chi connectivity index (χ1) is 13.3. The molecule has 1 heterocycles. The number of rotatable bonds is 7. The van der Waals surface area contributed by atoms with Crippen molar-refractivity contribution in [2.45, 2.75) is 6.54 Å². The molecule has 0 aliphatic carbocycles.